The lowest BCUT2D eigenvalue weighted by molar-refractivity contribution is 1.18. The number of pyridine rings is 1. The molecule has 0 bridgehead atoms. The summed E-state index contributed by atoms with van der Waals surface area (Å²) < 4.78 is 4.93. The molecule has 9 rings (SSSR count). The first kappa shape index (κ1) is 25.8. The summed E-state index contributed by atoms with van der Waals surface area (Å²) in [7, 11) is 0. The Hall–Kier alpha value is -5.71. The van der Waals surface area contributed by atoms with Crippen molar-refractivity contribution in [3.8, 4) is 16.8 Å². The van der Waals surface area contributed by atoms with E-state index in [9.17, 15) is 0 Å². The van der Waals surface area contributed by atoms with Gasteiger partial charge in [0.2, 0.25) is 0 Å². The van der Waals surface area contributed by atoms with Crippen LogP contribution in [-0.4, -0.2) is 9.55 Å². The Labute approximate surface area is 264 Å². The molecule has 0 amide bonds. The van der Waals surface area contributed by atoms with Gasteiger partial charge in [-0.3, -0.25) is 4.90 Å². The predicted molar refractivity (Wildman–Crippen MR) is 192 cm³/mol. The summed E-state index contributed by atoms with van der Waals surface area (Å²) in [6, 6.07) is 56.4. The molecule has 212 valence electrons. The topological polar surface area (TPSA) is 21.1 Å². The molecular weight excluding hydrogens is 567 g/mol. The molecule has 0 fully saturated rings. The Morgan fingerprint density at radius 2 is 1.27 bits per heavy atom. The molecule has 0 aliphatic carbocycles. The minimum absolute atomic E-state index is 0.895. The minimum Gasteiger partial charge on any atom is -0.309 e. The molecule has 3 aromatic heterocycles. The van der Waals surface area contributed by atoms with Crippen LogP contribution in [0.5, 0.6) is 0 Å². The Morgan fingerprint density at radius 1 is 0.511 bits per heavy atom. The van der Waals surface area contributed by atoms with E-state index in [0.717, 1.165) is 17.2 Å². The smallest absolute Gasteiger partial charge is 0.137 e. The quantitative estimate of drug-likeness (QED) is 0.198. The van der Waals surface area contributed by atoms with Gasteiger partial charge in [-0.15, -0.1) is 11.3 Å². The summed E-state index contributed by atoms with van der Waals surface area (Å²) in [6.45, 7) is 0. The summed E-state index contributed by atoms with van der Waals surface area (Å²) in [5.41, 5.74) is 8.25. The van der Waals surface area contributed by atoms with E-state index in [4.69, 9.17) is 4.98 Å². The van der Waals surface area contributed by atoms with Gasteiger partial charge in [0.15, 0.2) is 0 Å². The fourth-order valence-electron chi connectivity index (χ4n) is 6.66. The van der Waals surface area contributed by atoms with Gasteiger partial charge in [0.1, 0.15) is 5.82 Å². The Bertz CT molecular complexity index is 2440. The van der Waals surface area contributed by atoms with E-state index < -0.39 is 0 Å². The molecule has 3 nitrogen and oxygen atoms in total. The van der Waals surface area contributed by atoms with E-state index in [1.807, 2.05) is 35.7 Å². The zero-order valence-corrected chi connectivity index (χ0v) is 25.2. The van der Waals surface area contributed by atoms with Crippen molar-refractivity contribution in [3.63, 3.8) is 0 Å². The average molecular weight is 594 g/mol. The largest absolute Gasteiger partial charge is 0.309 e. The fraction of sp³-hybridized carbons (Fsp3) is 0. The summed E-state index contributed by atoms with van der Waals surface area (Å²) in [5, 5.41) is 5.10. The van der Waals surface area contributed by atoms with Crippen LogP contribution in [0.2, 0.25) is 0 Å². The molecule has 0 saturated carbocycles. The normalized spacial score (nSPS) is 11.6. The first-order valence-electron chi connectivity index (χ1n) is 15.1. The van der Waals surface area contributed by atoms with Crippen molar-refractivity contribution in [1.82, 2.24) is 9.55 Å². The third-order valence-corrected chi connectivity index (χ3v) is 9.75. The zero-order valence-electron chi connectivity index (χ0n) is 24.3. The molecule has 0 spiro atoms. The number of hydrogen-bond donors (Lipinski definition) is 0. The van der Waals surface area contributed by atoms with Crippen molar-refractivity contribution >= 4 is 70.5 Å². The fourth-order valence-corrected chi connectivity index (χ4v) is 7.83. The monoisotopic (exact) mass is 593 g/mol. The van der Waals surface area contributed by atoms with Gasteiger partial charge in [0, 0.05) is 54.2 Å². The molecule has 6 aromatic carbocycles. The molecule has 9 aromatic rings. The number of fused-ring (bicyclic) bond motifs is 6. The van der Waals surface area contributed by atoms with Crippen LogP contribution < -0.4 is 4.90 Å². The lowest BCUT2D eigenvalue weighted by atomic mass is 9.98. The highest BCUT2D eigenvalue weighted by atomic mass is 32.1. The van der Waals surface area contributed by atoms with Crippen molar-refractivity contribution in [2.24, 2.45) is 0 Å². The standard InChI is InChI=1S/C41H27N3S/c1-3-12-29(13-4-1)43(40-20-9-10-25-42-40)31-22-24-35-39(27-31)45-38-19-11-17-32(41(35)38)28-21-23-34-33-16-7-8-18-36(33)44(37(34)26-28)30-14-5-2-6-15-30/h1-27H. The number of hydrogen-bond acceptors (Lipinski definition) is 3. The van der Waals surface area contributed by atoms with E-state index in [1.165, 1.54) is 58.8 Å². The zero-order chi connectivity index (χ0) is 29.7. The van der Waals surface area contributed by atoms with Gasteiger partial charge in [0.25, 0.3) is 0 Å². The predicted octanol–water partition coefficient (Wildman–Crippen LogP) is 11.7. The maximum atomic E-state index is 4.71. The number of nitrogens with zero attached hydrogens (tertiary/aromatic N) is 3. The molecule has 3 heterocycles. The number of thiophene rings is 1. The van der Waals surface area contributed by atoms with Crippen LogP contribution >= 0.6 is 11.3 Å². The van der Waals surface area contributed by atoms with Gasteiger partial charge in [0.05, 0.1) is 11.0 Å². The molecule has 4 heteroatoms. The van der Waals surface area contributed by atoms with Crippen LogP contribution in [-0.2, 0) is 0 Å². The van der Waals surface area contributed by atoms with Crippen LogP contribution in [0.15, 0.2) is 164 Å². The number of anilines is 3. The lowest BCUT2D eigenvalue weighted by Crippen LogP contribution is -2.10. The highest BCUT2D eigenvalue weighted by Crippen LogP contribution is 2.44. The Balaban J connectivity index is 1.24. The van der Waals surface area contributed by atoms with E-state index in [-0.39, 0.29) is 0 Å². The molecule has 0 aliphatic rings. The van der Waals surface area contributed by atoms with Crippen molar-refractivity contribution in [2.45, 2.75) is 0 Å². The Kier molecular flexibility index (Phi) is 6.00. The summed E-state index contributed by atoms with van der Waals surface area (Å²) in [5.74, 6) is 0.895. The lowest BCUT2D eigenvalue weighted by Gasteiger charge is -2.24. The third kappa shape index (κ3) is 4.22. The number of aromatic nitrogens is 2. The van der Waals surface area contributed by atoms with Crippen molar-refractivity contribution < 1.29 is 0 Å². The molecule has 0 atom stereocenters. The second kappa shape index (κ2) is 10.5. The van der Waals surface area contributed by atoms with E-state index >= 15 is 0 Å². The highest BCUT2D eigenvalue weighted by molar-refractivity contribution is 7.26. The molecule has 0 saturated heterocycles. The number of benzene rings is 6. The van der Waals surface area contributed by atoms with Crippen LogP contribution in [0.1, 0.15) is 0 Å². The summed E-state index contributed by atoms with van der Waals surface area (Å²) in [6.07, 6.45) is 1.85. The van der Waals surface area contributed by atoms with Gasteiger partial charge in [-0.05, 0) is 77.9 Å². The van der Waals surface area contributed by atoms with Gasteiger partial charge in [-0.1, -0.05) is 91.0 Å². The summed E-state index contributed by atoms with van der Waals surface area (Å²) >= 11 is 1.85. The first-order valence-corrected chi connectivity index (χ1v) is 16.0. The van der Waals surface area contributed by atoms with Crippen molar-refractivity contribution in [2.75, 3.05) is 4.90 Å². The van der Waals surface area contributed by atoms with E-state index in [1.54, 1.807) is 0 Å². The van der Waals surface area contributed by atoms with Crippen LogP contribution in [0.3, 0.4) is 0 Å². The SMILES string of the molecule is c1ccc(N(c2ccc3c(c2)sc2cccc(-c4ccc5c6ccccc6n(-c6ccccc6)c5c4)c23)c2ccccn2)cc1. The number of rotatable bonds is 5. The van der Waals surface area contributed by atoms with Crippen LogP contribution in [0.25, 0.3) is 58.8 Å². The average Bonchev–Trinajstić information content (AvgIpc) is 3.65. The molecule has 0 unspecified atom stereocenters. The van der Waals surface area contributed by atoms with Gasteiger partial charge in [-0.2, -0.15) is 0 Å². The van der Waals surface area contributed by atoms with E-state index in [0.29, 0.717) is 0 Å². The first-order chi connectivity index (χ1) is 22.3. The van der Waals surface area contributed by atoms with Crippen LogP contribution in [0, 0.1) is 0 Å². The van der Waals surface area contributed by atoms with E-state index in [2.05, 4.69) is 149 Å². The Morgan fingerprint density at radius 3 is 2.11 bits per heavy atom. The highest BCUT2D eigenvalue weighted by Gasteiger charge is 2.18. The summed E-state index contributed by atoms with van der Waals surface area (Å²) in [4.78, 5) is 6.93. The van der Waals surface area contributed by atoms with Crippen molar-refractivity contribution in [1.29, 1.82) is 0 Å². The minimum atomic E-state index is 0.895. The molecule has 0 N–H and O–H groups in total. The second-order valence-electron chi connectivity index (χ2n) is 11.2. The van der Waals surface area contributed by atoms with Crippen LogP contribution in [0.4, 0.5) is 17.2 Å². The maximum Gasteiger partial charge on any atom is 0.137 e. The molecule has 0 aliphatic heterocycles. The van der Waals surface area contributed by atoms with Crippen molar-refractivity contribution in [3.05, 3.63) is 164 Å². The maximum absolute atomic E-state index is 4.71. The van der Waals surface area contributed by atoms with Gasteiger partial charge in [-0.25, -0.2) is 4.98 Å². The molecule has 45 heavy (non-hydrogen) atoms. The number of para-hydroxylation sites is 3. The molecular formula is C41H27N3S. The third-order valence-electron chi connectivity index (χ3n) is 8.63. The van der Waals surface area contributed by atoms with Gasteiger partial charge >= 0.3 is 0 Å². The van der Waals surface area contributed by atoms with Gasteiger partial charge < -0.3 is 4.57 Å². The second-order valence-corrected chi connectivity index (χ2v) is 12.3. The molecule has 0 radical (unpaired) electrons.